The number of halogens is 1. The van der Waals surface area contributed by atoms with Gasteiger partial charge < -0.3 is 14.8 Å². The molecule has 0 radical (unpaired) electrons. The Kier molecular flexibility index (Phi) is 3.19. The molecule has 1 aliphatic rings. The number of benzene rings is 1. The first kappa shape index (κ1) is 11.1. The summed E-state index contributed by atoms with van der Waals surface area (Å²) in [4.78, 5) is 11.1. The van der Waals surface area contributed by atoms with Crippen molar-refractivity contribution >= 4 is 17.7 Å². The molecule has 0 spiro atoms. The van der Waals surface area contributed by atoms with E-state index >= 15 is 0 Å². The van der Waals surface area contributed by atoms with Gasteiger partial charge in [0.1, 0.15) is 5.75 Å². The van der Waals surface area contributed by atoms with Gasteiger partial charge in [0.05, 0.1) is 24.8 Å². The third-order valence-corrected chi connectivity index (χ3v) is 2.82. The van der Waals surface area contributed by atoms with Crippen LogP contribution in [-0.4, -0.2) is 19.8 Å². The molecule has 1 amide bonds. The molecule has 1 heterocycles. The Labute approximate surface area is 98.5 Å². The first-order valence-electron chi connectivity index (χ1n) is 4.97. The molecule has 0 bridgehead atoms. The van der Waals surface area contributed by atoms with Gasteiger partial charge in [0.15, 0.2) is 0 Å². The van der Waals surface area contributed by atoms with E-state index < -0.39 is 0 Å². The summed E-state index contributed by atoms with van der Waals surface area (Å²) < 4.78 is 9.93. The summed E-state index contributed by atoms with van der Waals surface area (Å²) in [5.74, 6) is 0.611. The number of amides is 1. The topological polar surface area (TPSA) is 47.6 Å². The quantitative estimate of drug-likeness (QED) is 0.866. The van der Waals surface area contributed by atoms with Gasteiger partial charge in [-0.1, -0.05) is 17.7 Å². The van der Waals surface area contributed by atoms with Crippen LogP contribution in [0.5, 0.6) is 5.75 Å². The lowest BCUT2D eigenvalue weighted by Crippen LogP contribution is -2.35. The summed E-state index contributed by atoms with van der Waals surface area (Å²) >= 11 is 5.93. The van der Waals surface area contributed by atoms with E-state index in [-0.39, 0.29) is 12.1 Å². The summed E-state index contributed by atoms with van der Waals surface area (Å²) in [7, 11) is 1.56. The van der Waals surface area contributed by atoms with Crippen LogP contribution >= 0.6 is 11.6 Å². The number of hydrogen-bond acceptors (Lipinski definition) is 3. The molecule has 86 valence electrons. The fourth-order valence-electron chi connectivity index (χ4n) is 1.67. The largest absolute Gasteiger partial charge is 0.495 e. The van der Waals surface area contributed by atoms with Crippen molar-refractivity contribution in [1.82, 2.24) is 5.32 Å². The second-order valence-electron chi connectivity index (χ2n) is 3.52. The standard InChI is InChI=1S/C11H12ClNO3/c1-15-10-6-7(2-3-8(10)12)9-4-5-16-11(14)13-9/h2-3,6,9H,4-5H2,1H3,(H,13,14)/t9-/m1/s1. The van der Waals surface area contributed by atoms with Crippen molar-refractivity contribution in [3.63, 3.8) is 0 Å². The summed E-state index contributed by atoms with van der Waals surface area (Å²) in [5, 5.41) is 3.30. The number of ether oxygens (including phenoxy) is 2. The van der Waals surface area contributed by atoms with E-state index in [9.17, 15) is 4.79 Å². The maximum Gasteiger partial charge on any atom is 0.407 e. The van der Waals surface area contributed by atoms with Crippen molar-refractivity contribution in [2.75, 3.05) is 13.7 Å². The zero-order valence-electron chi connectivity index (χ0n) is 8.83. The van der Waals surface area contributed by atoms with E-state index in [2.05, 4.69) is 5.32 Å². The van der Waals surface area contributed by atoms with E-state index in [0.717, 1.165) is 12.0 Å². The normalized spacial score (nSPS) is 19.9. The van der Waals surface area contributed by atoms with Gasteiger partial charge in [-0.25, -0.2) is 4.79 Å². The molecule has 1 aliphatic heterocycles. The number of methoxy groups -OCH3 is 1. The van der Waals surface area contributed by atoms with Gasteiger partial charge in [0.2, 0.25) is 0 Å². The molecular formula is C11H12ClNO3. The molecule has 1 aromatic rings. The minimum atomic E-state index is -0.384. The van der Waals surface area contributed by atoms with Crippen LogP contribution < -0.4 is 10.1 Å². The summed E-state index contributed by atoms with van der Waals surface area (Å²) in [6.45, 7) is 0.432. The van der Waals surface area contributed by atoms with Gasteiger partial charge in [0.25, 0.3) is 0 Å². The highest BCUT2D eigenvalue weighted by Gasteiger charge is 2.21. The van der Waals surface area contributed by atoms with Crippen LogP contribution in [0.25, 0.3) is 0 Å². The predicted molar refractivity (Wildman–Crippen MR) is 59.8 cm³/mol. The average Bonchev–Trinajstić information content (AvgIpc) is 2.29. The number of rotatable bonds is 2. The van der Waals surface area contributed by atoms with Crippen LogP contribution in [0.15, 0.2) is 18.2 Å². The lowest BCUT2D eigenvalue weighted by Gasteiger charge is -2.24. The van der Waals surface area contributed by atoms with Crippen LogP contribution in [0.1, 0.15) is 18.0 Å². The molecule has 16 heavy (non-hydrogen) atoms. The number of cyclic esters (lactones) is 1. The highest BCUT2D eigenvalue weighted by Crippen LogP contribution is 2.29. The van der Waals surface area contributed by atoms with Crippen LogP contribution in [-0.2, 0) is 4.74 Å². The monoisotopic (exact) mass is 241 g/mol. The van der Waals surface area contributed by atoms with Crippen molar-refractivity contribution in [3.8, 4) is 5.75 Å². The zero-order chi connectivity index (χ0) is 11.5. The first-order valence-corrected chi connectivity index (χ1v) is 5.35. The molecule has 1 fully saturated rings. The second-order valence-corrected chi connectivity index (χ2v) is 3.92. The molecule has 0 unspecified atom stereocenters. The van der Waals surface area contributed by atoms with Gasteiger partial charge >= 0.3 is 6.09 Å². The molecule has 0 aromatic heterocycles. The Bertz CT molecular complexity index is 408. The average molecular weight is 242 g/mol. The van der Waals surface area contributed by atoms with Crippen molar-refractivity contribution < 1.29 is 14.3 Å². The number of alkyl carbamates (subject to hydrolysis) is 1. The Balaban J connectivity index is 2.22. The first-order chi connectivity index (χ1) is 7.70. The van der Waals surface area contributed by atoms with E-state index in [1.165, 1.54) is 0 Å². The summed E-state index contributed by atoms with van der Waals surface area (Å²) in [6, 6.07) is 5.43. The van der Waals surface area contributed by atoms with Crippen molar-refractivity contribution in [1.29, 1.82) is 0 Å². The summed E-state index contributed by atoms with van der Waals surface area (Å²) in [6.07, 6.45) is 0.362. The second kappa shape index (κ2) is 4.61. The molecule has 1 atom stereocenters. The highest BCUT2D eigenvalue weighted by molar-refractivity contribution is 6.32. The molecule has 1 aromatic carbocycles. The predicted octanol–water partition coefficient (Wildman–Crippen LogP) is 2.52. The van der Waals surface area contributed by atoms with Gasteiger partial charge in [0, 0.05) is 6.42 Å². The fourth-order valence-corrected chi connectivity index (χ4v) is 1.86. The van der Waals surface area contributed by atoms with Crippen LogP contribution in [0.3, 0.4) is 0 Å². The minimum Gasteiger partial charge on any atom is -0.495 e. The number of hydrogen-bond donors (Lipinski definition) is 1. The fraction of sp³-hybridized carbons (Fsp3) is 0.364. The zero-order valence-corrected chi connectivity index (χ0v) is 9.58. The van der Waals surface area contributed by atoms with E-state index in [4.69, 9.17) is 21.1 Å². The van der Waals surface area contributed by atoms with Crippen molar-refractivity contribution in [3.05, 3.63) is 28.8 Å². The Morgan fingerprint density at radius 1 is 1.56 bits per heavy atom. The van der Waals surface area contributed by atoms with Crippen LogP contribution in [0.4, 0.5) is 4.79 Å². The van der Waals surface area contributed by atoms with Crippen molar-refractivity contribution in [2.45, 2.75) is 12.5 Å². The molecule has 0 saturated carbocycles. The lowest BCUT2D eigenvalue weighted by atomic mass is 10.0. The molecule has 1 saturated heterocycles. The van der Waals surface area contributed by atoms with Gasteiger partial charge in [-0.3, -0.25) is 0 Å². The maximum atomic E-state index is 11.1. The number of carbonyl (C=O) groups is 1. The number of carbonyl (C=O) groups excluding carboxylic acids is 1. The molecule has 2 rings (SSSR count). The molecule has 4 nitrogen and oxygen atoms in total. The molecule has 5 heteroatoms. The molecule has 0 aliphatic carbocycles. The summed E-state index contributed by atoms with van der Waals surface area (Å²) in [5.41, 5.74) is 0.970. The van der Waals surface area contributed by atoms with Crippen molar-refractivity contribution in [2.24, 2.45) is 0 Å². The smallest absolute Gasteiger partial charge is 0.407 e. The lowest BCUT2D eigenvalue weighted by molar-refractivity contribution is 0.115. The van der Waals surface area contributed by atoms with Gasteiger partial charge in [-0.2, -0.15) is 0 Å². The maximum absolute atomic E-state index is 11.1. The SMILES string of the molecule is COc1cc([C@H]2CCOC(=O)N2)ccc1Cl. The molecular weight excluding hydrogens is 230 g/mol. The number of nitrogens with one attached hydrogen (secondary N) is 1. The van der Waals surface area contributed by atoms with E-state index in [1.807, 2.05) is 12.1 Å². The van der Waals surface area contributed by atoms with Gasteiger partial charge in [-0.15, -0.1) is 0 Å². The van der Waals surface area contributed by atoms with Gasteiger partial charge in [-0.05, 0) is 17.7 Å². The minimum absolute atomic E-state index is 0.0348. The Morgan fingerprint density at radius 2 is 2.38 bits per heavy atom. The highest BCUT2D eigenvalue weighted by atomic mass is 35.5. The van der Waals surface area contributed by atoms with E-state index in [0.29, 0.717) is 17.4 Å². The Morgan fingerprint density at radius 3 is 3.06 bits per heavy atom. The van der Waals surface area contributed by atoms with Crippen LogP contribution in [0.2, 0.25) is 5.02 Å². The Hall–Kier alpha value is -1.42. The van der Waals surface area contributed by atoms with E-state index in [1.54, 1.807) is 13.2 Å². The van der Waals surface area contributed by atoms with Crippen LogP contribution in [0, 0.1) is 0 Å². The molecule has 1 N–H and O–H groups in total. The third-order valence-electron chi connectivity index (χ3n) is 2.51. The third kappa shape index (κ3) is 2.22.